The number of rotatable bonds is 8. The van der Waals surface area contributed by atoms with Gasteiger partial charge in [0, 0.05) is 12.5 Å². The van der Waals surface area contributed by atoms with Crippen LogP contribution in [0.1, 0.15) is 51.0 Å². The van der Waals surface area contributed by atoms with Crippen LogP contribution in [0, 0.1) is 11.8 Å². The van der Waals surface area contributed by atoms with Crippen LogP contribution < -0.4 is 16.5 Å². The number of hydrogen-bond donors (Lipinski definition) is 3. The first kappa shape index (κ1) is 23.7. The lowest BCUT2D eigenvalue weighted by Gasteiger charge is -2.34. The van der Waals surface area contributed by atoms with E-state index < -0.39 is 29.8 Å². The van der Waals surface area contributed by atoms with Gasteiger partial charge in [-0.25, -0.2) is 5.48 Å². The third-order valence-electron chi connectivity index (χ3n) is 6.30. The molecule has 1 saturated heterocycles. The largest absolute Gasteiger partial charge is 0.368 e. The predicted molar refractivity (Wildman–Crippen MR) is 116 cm³/mol. The van der Waals surface area contributed by atoms with Crippen LogP contribution in [0.2, 0.25) is 0 Å². The zero-order chi connectivity index (χ0) is 23.1. The maximum Gasteiger partial charge on any atom is 0.247 e. The van der Waals surface area contributed by atoms with Crippen molar-refractivity contribution in [3.63, 3.8) is 0 Å². The highest BCUT2D eigenvalue weighted by atomic mass is 16.6. The molecule has 9 nitrogen and oxygen atoms in total. The smallest absolute Gasteiger partial charge is 0.247 e. The van der Waals surface area contributed by atoms with Gasteiger partial charge in [0.05, 0.1) is 12.5 Å². The Hall–Kier alpha value is -2.94. The molecule has 1 aliphatic carbocycles. The van der Waals surface area contributed by atoms with Crippen LogP contribution >= 0.6 is 0 Å². The third-order valence-corrected chi connectivity index (χ3v) is 6.30. The molecule has 0 aromatic heterocycles. The molecule has 2 fully saturated rings. The van der Waals surface area contributed by atoms with E-state index in [1.54, 1.807) is 4.90 Å². The van der Waals surface area contributed by atoms with Crippen molar-refractivity contribution in [3.05, 3.63) is 35.9 Å². The second-order valence-corrected chi connectivity index (χ2v) is 8.56. The molecule has 1 aromatic carbocycles. The Morgan fingerprint density at radius 3 is 2.41 bits per heavy atom. The predicted octanol–water partition coefficient (Wildman–Crippen LogP) is 1.02. The zero-order valence-electron chi connectivity index (χ0n) is 18.4. The number of nitrogens with one attached hydrogen (secondary N) is 2. The third kappa shape index (κ3) is 5.85. The summed E-state index contributed by atoms with van der Waals surface area (Å²) in [4.78, 5) is 57.1. The van der Waals surface area contributed by atoms with E-state index in [0.717, 1.165) is 18.4 Å². The fraction of sp³-hybridized carbons (Fsp3) is 0.565. The van der Waals surface area contributed by atoms with Gasteiger partial charge in [-0.3, -0.25) is 24.0 Å². The molecule has 4 N–H and O–H groups in total. The lowest BCUT2D eigenvalue weighted by atomic mass is 9.78. The van der Waals surface area contributed by atoms with Crippen molar-refractivity contribution in [2.75, 3.05) is 6.54 Å². The number of hydrogen-bond acceptors (Lipinski definition) is 5. The van der Waals surface area contributed by atoms with Crippen molar-refractivity contribution in [2.45, 2.75) is 64.1 Å². The number of carbonyl (C=O) groups excluding carboxylic acids is 4. The van der Waals surface area contributed by atoms with Gasteiger partial charge in [0.15, 0.2) is 0 Å². The second kappa shape index (κ2) is 11.1. The standard InChI is InChI=1S/C23H32N4O5/c1-15(20(24)28)25-22(30)19-12-7-13-27(19)23(31)18-11-6-5-10-17(18)21(29)26-32-14-16-8-3-2-4-9-16/h2-4,8-9,15,17-19H,5-7,10-14H2,1H3,(H2,24,28)(H,25,30)(H,26,29)/t15-,17-,18-,19-/m0/s1. The van der Waals surface area contributed by atoms with Crippen LogP contribution in [0.15, 0.2) is 30.3 Å². The fourth-order valence-corrected chi connectivity index (χ4v) is 4.48. The number of nitrogens with two attached hydrogens (primary N) is 1. The Bertz CT molecular complexity index is 831. The van der Waals surface area contributed by atoms with Crippen molar-refractivity contribution in [1.82, 2.24) is 15.7 Å². The van der Waals surface area contributed by atoms with E-state index in [4.69, 9.17) is 10.6 Å². The summed E-state index contributed by atoms with van der Waals surface area (Å²) in [5, 5.41) is 2.58. The lowest BCUT2D eigenvalue weighted by molar-refractivity contribution is -0.151. The summed E-state index contributed by atoms with van der Waals surface area (Å²) >= 11 is 0. The molecule has 4 atom stereocenters. The van der Waals surface area contributed by atoms with Crippen LogP contribution in [0.5, 0.6) is 0 Å². The van der Waals surface area contributed by atoms with E-state index in [0.29, 0.717) is 32.2 Å². The van der Waals surface area contributed by atoms with Crippen LogP contribution in [0.4, 0.5) is 0 Å². The maximum absolute atomic E-state index is 13.4. The van der Waals surface area contributed by atoms with Crippen molar-refractivity contribution < 1.29 is 24.0 Å². The van der Waals surface area contributed by atoms with Crippen LogP contribution in [0.3, 0.4) is 0 Å². The molecule has 174 valence electrons. The number of carbonyl (C=O) groups is 4. The molecule has 9 heteroatoms. The van der Waals surface area contributed by atoms with E-state index >= 15 is 0 Å². The van der Waals surface area contributed by atoms with Crippen LogP contribution in [-0.2, 0) is 30.6 Å². The number of benzene rings is 1. The topological polar surface area (TPSA) is 131 Å². The average Bonchev–Trinajstić information content (AvgIpc) is 3.29. The molecule has 1 aliphatic heterocycles. The summed E-state index contributed by atoms with van der Waals surface area (Å²) in [6, 6.07) is 8.03. The Labute approximate surface area is 188 Å². The maximum atomic E-state index is 13.4. The van der Waals surface area contributed by atoms with Gasteiger partial charge in [-0.2, -0.15) is 0 Å². The minimum absolute atomic E-state index is 0.183. The fourth-order valence-electron chi connectivity index (χ4n) is 4.48. The summed E-state index contributed by atoms with van der Waals surface area (Å²) in [6.07, 6.45) is 4.12. The molecule has 1 saturated carbocycles. The molecule has 0 spiro atoms. The molecule has 1 aromatic rings. The second-order valence-electron chi connectivity index (χ2n) is 8.56. The minimum Gasteiger partial charge on any atom is -0.368 e. The van der Waals surface area contributed by atoms with E-state index in [2.05, 4.69) is 10.8 Å². The van der Waals surface area contributed by atoms with Crippen molar-refractivity contribution >= 4 is 23.6 Å². The molecule has 2 aliphatic rings. The van der Waals surface area contributed by atoms with Crippen molar-refractivity contribution in [1.29, 1.82) is 0 Å². The number of primary amides is 1. The number of hydroxylamine groups is 1. The first-order valence-electron chi connectivity index (χ1n) is 11.2. The van der Waals surface area contributed by atoms with Crippen LogP contribution in [0.25, 0.3) is 0 Å². The normalized spacial score (nSPS) is 23.9. The molecule has 0 unspecified atom stereocenters. The molecular weight excluding hydrogens is 412 g/mol. The van der Waals surface area contributed by atoms with Gasteiger partial charge in [-0.1, -0.05) is 43.2 Å². The van der Waals surface area contributed by atoms with E-state index in [-0.39, 0.29) is 24.3 Å². The van der Waals surface area contributed by atoms with E-state index in [1.165, 1.54) is 6.92 Å². The van der Waals surface area contributed by atoms with Gasteiger partial charge in [0.1, 0.15) is 12.1 Å². The average molecular weight is 445 g/mol. The van der Waals surface area contributed by atoms with Crippen molar-refractivity contribution in [2.24, 2.45) is 17.6 Å². The summed E-state index contributed by atoms with van der Waals surface area (Å²) in [5.74, 6) is -2.50. The SMILES string of the molecule is C[C@H](NC(=O)[C@@H]1CCCN1C(=O)[C@H]1CCCC[C@@H]1C(=O)NOCc1ccccc1)C(N)=O. The van der Waals surface area contributed by atoms with Gasteiger partial charge in [0.25, 0.3) is 0 Å². The monoisotopic (exact) mass is 444 g/mol. The highest BCUT2D eigenvalue weighted by Gasteiger charge is 2.43. The Morgan fingerprint density at radius 1 is 1.03 bits per heavy atom. The molecule has 0 radical (unpaired) electrons. The zero-order valence-corrected chi connectivity index (χ0v) is 18.4. The van der Waals surface area contributed by atoms with Crippen LogP contribution in [-0.4, -0.2) is 47.2 Å². The number of nitrogens with zero attached hydrogens (tertiary/aromatic N) is 1. The Morgan fingerprint density at radius 2 is 1.72 bits per heavy atom. The van der Waals surface area contributed by atoms with Gasteiger partial charge in [0.2, 0.25) is 23.6 Å². The van der Waals surface area contributed by atoms with E-state index in [1.807, 2.05) is 30.3 Å². The molecule has 32 heavy (non-hydrogen) atoms. The molecule has 1 heterocycles. The molecular formula is C23H32N4O5. The molecule has 0 bridgehead atoms. The van der Waals surface area contributed by atoms with Gasteiger partial charge in [-0.05, 0) is 38.2 Å². The summed E-state index contributed by atoms with van der Waals surface area (Å²) in [5.41, 5.74) is 8.67. The quantitative estimate of drug-likeness (QED) is 0.515. The van der Waals surface area contributed by atoms with Crippen molar-refractivity contribution in [3.8, 4) is 0 Å². The van der Waals surface area contributed by atoms with E-state index in [9.17, 15) is 19.2 Å². The Kier molecular flexibility index (Phi) is 8.21. The minimum atomic E-state index is -0.810. The lowest BCUT2D eigenvalue weighted by Crippen LogP contribution is -2.53. The molecule has 4 amide bonds. The summed E-state index contributed by atoms with van der Waals surface area (Å²) < 4.78 is 0. The highest BCUT2D eigenvalue weighted by molar-refractivity contribution is 5.93. The van der Waals surface area contributed by atoms with Gasteiger partial charge in [-0.15, -0.1) is 0 Å². The van der Waals surface area contributed by atoms with Gasteiger partial charge >= 0.3 is 0 Å². The highest BCUT2D eigenvalue weighted by Crippen LogP contribution is 2.34. The first-order chi connectivity index (χ1) is 15.4. The molecule has 3 rings (SSSR count). The Balaban J connectivity index is 1.60. The van der Waals surface area contributed by atoms with Gasteiger partial charge < -0.3 is 16.0 Å². The first-order valence-corrected chi connectivity index (χ1v) is 11.2. The summed E-state index contributed by atoms with van der Waals surface area (Å²) in [6.45, 7) is 2.21. The summed E-state index contributed by atoms with van der Waals surface area (Å²) in [7, 11) is 0. The number of amides is 4. The number of likely N-dealkylation sites (tertiary alicyclic amines) is 1.